The zero-order chi connectivity index (χ0) is 37.0. The van der Waals surface area contributed by atoms with E-state index in [9.17, 15) is 48.5 Å². The first-order chi connectivity index (χ1) is 23.8. The van der Waals surface area contributed by atoms with Crippen molar-refractivity contribution in [2.24, 2.45) is 0 Å². The average Bonchev–Trinajstić information content (AvgIpc) is 3.03. The summed E-state index contributed by atoms with van der Waals surface area (Å²) in [4.78, 5) is 36.6. The molecule has 0 spiro atoms. The number of nitrogens with zero attached hydrogens (tertiary/aromatic N) is 3. The summed E-state index contributed by atoms with van der Waals surface area (Å²) in [7, 11) is -14.8. The molecule has 0 radical (unpaired) electrons. The van der Waals surface area contributed by atoms with Gasteiger partial charge in [0, 0.05) is 16.8 Å². The van der Waals surface area contributed by atoms with E-state index >= 15 is 0 Å². The van der Waals surface area contributed by atoms with Crippen LogP contribution in [0.25, 0.3) is 0 Å². The molecule has 1 aliphatic carbocycles. The Morgan fingerprint density at radius 3 is 1.61 bits per heavy atom. The minimum absolute atomic E-state index is 0.0258. The highest BCUT2D eigenvalue weighted by atomic mass is 32.2. The van der Waals surface area contributed by atoms with Crippen LogP contribution in [0.3, 0.4) is 0 Å². The lowest BCUT2D eigenvalue weighted by Gasteiger charge is -2.24. The molecule has 1 heterocycles. The number of aromatic nitrogens is 3. The van der Waals surface area contributed by atoms with E-state index in [1.54, 1.807) is 0 Å². The number of anilines is 8. The minimum atomic E-state index is -5.07. The number of hydrogen-bond donors (Lipinski definition) is 8. The van der Waals surface area contributed by atoms with E-state index in [1.165, 1.54) is 48.5 Å². The van der Waals surface area contributed by atoms with Crippen molar-refractivity contribution in [3.8, 4) is 0 Å². The highest BCUT2D eigenvalue weighted by Crippen LogP contribution is 2.40. The van der Waals surface area contributed by atoms with Gasteiger partial charge in [0.05, 0.1) is 33.9 Å². The van der Waals surface area contributed by atoms with Crippen molar-refractivity contribution >= 4 is 88.2 Å². The van der Waals surface area contributed by atoms with Crippen LogP contribution >= 0.6 is 0 Å². The van der Waals surface area contributed by atoms with E-state index in [4.69, 9.17) is 11.5 Å². The maximum Gasteiger partial charge on any atom is 0.296 e. The fourth-order valence-electron chi connectivity index (χ4n) is 5.22. The van der Waals surface area contributed by atoms with Crippen LogP contribution in [0, 0.1) is 0 Å². The number of ketones is 2. The second-order valence-corrected chi connectivity index (χ2v) is 14.8. The highest BCUT2D eigenvalue weighted by molar-refractivity contribution is 7.86. The van der Waals surface area contributed by atoms with Crippen molar-refractivity contribution in [3.05, 3.63) is 95.1 Å². The number of benzene rings is 4. The molecule has 0 atom stereocenters. The SMILES string of the molecule is Nc1nc(Nc2ccccc2S(=O)(=O)O)nc(Nc2ccc(Nc3cc(S(=O)(=O)O)c(N)c4c3C(=O)c3ccccc3C4=O)cc2S(=O)(=O)O)n1. The van der Waals surface area contributed by atoms with Gasteiger partial charge in [0.1, 0.15) is 14.7 Å². The fraction of sp³-hybridized carbons (Fsp3) is 0. The number of carbonyl (C=O) groups excluding carboxylic acids is 2. The normalized spacial score (nSPS) is 12.9. The molecule has 0 bridgehead atoms. The first-order valence-electron chi connectivity index (χ1n) is 14.0. The molecule has 0 fully saturated rings. The first kappa shape index (κ1) is 34.8. The van der Waals surface area contributed by atoms with Crippen LogP contribution in [0.4, 0.5) is 46.3 Å². The maximum absolute atomic E-state index is 13.6. The van der Waals surface area contributed by atoms with Crippen LogP contribution in [0.5, 0.6) is 0 Å². The Bertz CT molecular complexity index is 2670. The second kappa shape index (κ2) is 12.4. The zero-order valence-electron chi connectivity index (χ0n) is 25.3. The molecule has 19 nitrogen and oxygen atoms in total. The largest absolute Gasteiger partial charge is 0.397 e. The number of para-hydroxylation sites is 1. The molecule has 262 valence electrons. The lowest BCUT2D eigenvalue weighted by molar-refractivity contribution is 0.0980. The van der Waals surface area contributed by atoms with Gasteiger partial charge in [0.25, 0.3) is 30.4 Å². The standard InChI is InChI=1S/C29H22N8O11S3/c30-24-21(51(46,47)48)12-18(22-23(24)26(39)15-6-2-1-5-14(15)25(22)38)32-13-9-10-17(20(11-13)50(43,44)45)34-29-36-27(31)35-28(37-29)33-16-7-3-4-8-19(16)49(40,41)42/h1-12,32H,30H2,(H,40,41,42)(H,43,44,45)(H,46,47,48)(H4,31,33,34,35,36,37). The van der Waals surface area contributed by atoms with E-state index in [0.717, 1.165) is 24.3 Å². The summed E-state index contributed by atoms with van der Waals surface area (Å²) < 4.78 is 103. The quantitative estimate of drug-likeness (QED) is 0.0776. The summed E-state index contributed by atoms with van der Waals surface area (Å²) in [5.41, 5.74) is 9.12. The molecule has 4 aromatic carbocycles. The van der Waals surface area contributed by atoms with Crippen molar-refractivity contribution in [2.75, 3.05) is 27.4 Å². The predicted octanol–water partition coefficient (Wildman–Crippen LogP) is 2.78. The Morgan fingerprint density at radius 1 is 0.529 bits per heavy atom. The number of nitrogens with one attached hydrogen (secondary N) is 3. The van der Waals surface area contributed by atoms with Crippen LogP contribution < -0.4 is 27.4 Å². The molecular formula is C29H22N8O11S3. The summed E-state index contributed by atoms with van der Waals surface area (Å²) in [5.74, 6) is -2.70. The van der Waals surface area contributed by atoms with Gasteiger partial charge >= 0.3 is 0 Å². The van der Waals surface area contributed by atoms with E-state index in [2.05, 4.69) is 30.9 Å². The molecule has 0 amide bonds. The van der Waals surface area contributed by atoms with Gasteiger partial charge in [0.15, 0.2) is 11.6 Å². The second-order valence-electron chi connectivity index (χ2n) is 10.6. The third-order valence-corrected chi connectivity index (χ3v) is 10.0. The van der Waals surface area contributed by atoms with Crippen LogP contribution in [0.15, 0.2) is 87.5 Å². The molecule has 1 aliphatic rings. The third kappa shape index (κ3) is 6.77. The molecule has 0 saturated carbocycles. The molecule has 0 saturated heterocycles. The van der Waals surface area contributed by atoms with Crippen molar-refractivity contribution in [1.29, 1.82) is 0 Å². The molecular weight excluding hydrogens is 733 g/mol. The Hall–Kier alpha value is -6.04. The lowest BCUT2D eigenvalue weighted by Crippen LogP contribution is -2.25. The number of nitrogen functional groups attached to an aromatic ring is 2. The Kier molecular flexibility index (Phi) is 8.45. The van der Waals surface area contributed by atoms with E-state index in [1.807, 2.05) is 0 Å². The van der Waals surface area contributed by atoms with Crippen molar-refractivity contribution in [3.63, 3.8) is 0 Å². The summed E-state index contributed by atoms with van der Waals surface area (Å²) in [5, 5.41) is 7.78. The number of nitrogens with two attached hydrogens (primary N) is 2. The number of fused-ring (bicyclic) bond motifs is 2. The molecule has 51 heavy (non-hydrogen) atoms. The van der Waals surface area contributed by atoms with Crippen LogP contribution in [-0.4, -0.2) is 65.4 Å². The number of hydrogen-bond acceptors (Lipinski definition) is 16. The van der Waals surface area contributed by atoms with E-state index < -0.39 is 79.8 Å². The molecule has 0 aliphatic heterocycles. The fourth-order valence-corrected chi connectivity index (χ4v) is 7.18. The first-order valence-corrected chi connectivity index (χ1v) is 18.3. The molecule has 5 aromatic rings. The van der Waals surface area contributed by atoms with Crippen molar-refractivity contribution in [1.82, 2.24) is 15.0 Å². The molecule has 10 N–H and O–H groups in total. The summed E-state index contributed by atoms with van der Waals surface area (Å²) in [6, 6.07) is 14.9. The summed E-state index contributed by atoms with van der Waals surface area (Å²) in [6.45, 7) is 0. The van der Waals surface area contributed by atoms with Crippen molar-refractivity contribution < 1.29 is 48.5 Å². The Morgan fingerprint density at radius 2 is 1.04 bits per heavy atom. The van der Waals surface area contributed by atoms with E-state index in [-0.39, 0.29) is 45.4 Å². The molecule has 22 heteroatoms. The number of carbonyl (C=O) groups is 2. The summed E-state index contributed by atoms with van der Waals surface area (Å²) in [6.07, 6.45) is 0. The molecule has 0 unspecified atom stereocenters. The van der Waals surface area contributed by atoms with Gasteiger partial charge in [-0.25, -0.2) is 0 Å². The van der Waals surface area contributed by atoms with Gasteiger partial charge in [-0.05, 0) is 36.4 Å². The highest BCUT2D eigenvalue weighted by Gasteiger charge is 2.36. The molecule has 6 rings (SSSR count). The average molecular weight is 755 g/mol. The van der Waals surface area contributed by atoms with Crippen LogP contribution in [0.2, 0.25) is 0 Å². The monoisotopic (exact) mass is 754 g/mol. The van der Waals surface area contributed by atoms with Gasteiger partial charge < -0.3 is 27.4 Å². The van der Waals surface area contributed by atoms with Gasteiger partial charge in [-0.15, -0.1) is 0 Å². The van der Waals surface area contributed by atoms with E-state index in [0.29, 0.717) is 0 Å². The minimum Gasteiger partial charge on any atom is -0.397 e. The van der Waals surface area contributed by atoms with Gasteiger partial charge in [0.2, 0.25) is 17.8 Å². The lowest BCUT2D eigenvalue weighted by atomic mass is 9.82. The topological polar surface area (TPSA) is 324 Å². The Labute approximate surface area is 288 Å². The van der Waals surface area contributed by atoms with Crippen LogP contribution in [-0.2, 0) is 30.4 Å². The summed E-state index contributed by atoms with van der Waals surface area (Å²) >= 11 is 0. The maximum atomic E-state index is 13.6. The predicted molar refractivity (Wildman–Crippen MR) is 181 cm³/mol. The smallest absolute Gasteiger partial charge is 0.296 e. The Balaban J connectivity index is 1.40. The van der Waals surface area contributed by atoms with Gasteiger partial charge in [-0.2, -0.15) is 40.2 Å². The molecule has 1 aromatic heterocycles. The van der Waals surface area contributed by atoms with Gasteiger partial charge in [-0.3, -0.25) is 23.2 Å². The van der Waals surface area contributed by atoms with Crippen molar-refractivity contribution in [2.45, 2.75) is 14.7 Å². The number of rotatable bonds is 9. The van der Waals surface area contributed by atoms with Gasteiger partial charge in [-0.1, -0.05) is 36.4 Å². The third-order valence-electron chi connectivity index (χ3n) is 7.33. The zero-order valence-corrected chi connectivity index (χ0v) is 27.7. The van der Waals surface area contributed by atoms with Crippen LogP contribution in [0.1, 0.15) is 31.8 Å².